The Kier molecular flexibility index (Phi) is 8.09. The zero-order chi connectivity index (χ0) is 19.2. The molecule has 0 saturated carbocycles. The summed E-state index contributed by atoms with van der Waals surface area (Å²) in [6.07, 6.45) is 3.91. The Labute approximate surface area is 182 Å². The molecule has 4 N–H and O–H groups in total. The van der Waals surface area contributed by atoms with E-state index < -0.39 is 5.91 Å². The standard InChI is InChI=1S/C19H26N6O2.HI/c1-13-3-6-17(22-11-13)25-9-7-14(8-10-25)24-19(21-2)23-12-15-4-5-16(27-15)18(20)26;/h3-6,11,14H,7-10,12H2,1-2H3,(H2,20,26)(H2,21,23,24);1H. The van der Waals surface area contributed by atoms with Crippen molar-refractivity contribution in [2.24, 2.45) is 10.7 Å². The minimum atomic E-state index is -0.571. The number of nitrogens with zero attached hydrogens (tertiary/aromatic N) is 3. The van der Waals surface area contributed by atoms with Crippen molar-refractivity contribution < 1.29 is 9.21 Å². The van der Waals surface area contributed by atoms with Crippen LogP contribution >= 0.6 is 24.0 Å². The number of carbonyl (C=O) groups excluding carboxylic acids is 1. The van der Waals surface area contributed by atoms with E-state index in [1.807, 2.05) is 13.1 Å². The lowest BCUT2D eigenvalue weighted by Crippen LogP contribution is -2.48. The van der Waals surface area contributed by atoms with Crippen LogP contribution in [0, 0.1) is 6.92 Å². The van der Waals surface area contributed by atoms with Crippen molar-refractivity contribution in [1.82, 2.24) is 15.6 Å². The smallest absolute Gasteiger partial charge is 0.284 e. The van der Waals surface area contributed by atoms with Crippen molar-refractivity contribution in [2.75, 3.05) is 25.0 Å². The molecule has 3 rings (SSSR count). The second kappa shape index (κ2) is 10.3. The molecule has 0 radical (unpaired) electrons. The van der Waals surface area contributed by atoms with E-state index in [0.717, 1.165) is 31.7 Å². The summed E-state index contributed by atoms with van der Waals surface area (Å²) in [5.74, 6) is 1.96. The number of aryl methyl sites for hydroxylation is 1. The summed E-state index contributed by atoms with van der Waals surface area (Å²) >= 11 is 0. The van der Waals surface area contributed by atoms with Gasteiger partial charge in [0.05, 0.1) is 6.54 Å². The topological polar surface area (TPSA) is 109 Å². The molecule has 9 heteroatoms. The first-order valence-corrected chi connectivity index (χ1v) is 9.08. The molecule has 1 amide bonds. The highest BCUT2D eigenvalue weighted by Gasteiger charge is 2.21. The maximum atomic E-state index is 11.1. The van der Waals surface area contributed by atoms with Gasteiger partial charge in [0.1, 0.15) is 11.6 Å². The van der Waals surface area contributed by atoms with Crippen LogP contribution in [0.3, 0.4) is 0 Å². The monoisotopic (exact) mass is 498 g/mol. The predicted molar refractivity (Wildman–Crippen MR) is 120 cm³/mol. The Morgan fingerprint density at radius 3 is 2.64 bits per heavy atom. The highest BCUT2D eigenvalue weighted by atomic mass is 127. The van der Waals surface area contributed by atoms with E-state index in [4.69, 9.17) is 10.2 Å². The number of aromatic nitrogens is 1. The number of amides is 1. The molecule has 1 saturated heterocycles. The number of hydrogen-bond acceptors (Lipinski definition) is 5. The number of anilines is 1. The molecule has 0 aromatic carbocycles. The van der Waals surface area contributed by atoms with Gasteiger partial charge >= 0.3 is 0 Å². The predicted octanol–water partition coefficient (Wildman–Crippen LogP) is 2.03. The number of aliphatic imine (C=N–C) groups is 1. The lowest BCUT2D eigenvalue weighted by atomic mass is 10.1. The third kappa shape index (κ3) is 5.85. The van der Waals surface area contributed by atoms with Gasteiger partial charge in [0, 0.05) is 32.4 Å². The molecule has 2 aromatic rings. The number of primary amides is 1. The van der Waals surface area contributed by atoms with Gasteiger partial charge in [-0.05, 0) is 43.5 Å². The fraction of sp³-hybridized carbons (Fsp3) is 0.421. The van der Waals surface area contributed by atoms with Crippen LogP contribution in [-0.4, -0.2) is 43.0 Å². The molecule has 1 fully saturated rings. The van der Waals surface area contributed by atoms with Crippen LogP contribution in [0.25, 0.3) is 0 Å². The summed E-state index contributed by atoms with van der Waals surface area (Å²) in [7, 11) is 1.73. The fourth-order valence-electron chi connectivity index (χ4n) is 3.06. The summed E-state index contributed by atoms with van der Waals surface area (Å²) in [6, 6.07) is 7.82. The molecule has 0 atom stereocenters. The van der Waals surface area contributed by atoms with E-state index >= 15 is 0 Å². The van der Waals surface area contributed by atoms with Gasteiger partial charge in [-0.15, -0.1) is 24.0 Å². The van der Waals surface area contributed by atoms with Crippen LogP contribution in [0.4, 0.5) is 5.82 Å². The minimum Gasteiger partial charge on any atom is -0.454 e. The lowest BCUT2D eigenvalue weighted by Gasteiger charge is -2.33. The summed E-state index contributed by atoms with van der Waals surface area (Å²) in [6.45, 7) is 4.37. The second-order valence-electron chi connectivity index (χ2n) is 6.66. The van der Waals surface area contributed by atoms with Crippen LogP contribution in [-0.2, 0) is 6.54 Å². The maximum absolute atomic E-state index is 11.1. The summed E-state index contributed by atoms with van der Waals surface area (Å²) in [5, 5.41) is 6.65. The Balaban J connectivity index is 0.00000280. The van der Waals surface area contributed by atoms with Crippen LogP contribution in [0.5, 0.6) is 0 Å². The Morgan fingerprint density at radius 1 is 1.32 bits per heavy atom. The first-order chi connectivity index (χ1) is 13.0. The number of pyridine rings is 1. The molecule has 0 bridgehead atoms. The van der Waals surface area contributed by atoms with Gasteiger partial charge in [0.2, 0.25) is 0 Å². The molecule has 0 unspecified atom stereocenters. The zero-order valence-electron chi connectivity index (χ0n) is 16.1. The van der Waals surface area contributed by atoms with Crippen molar-refractivity contribution in [3.63, 3.8) is 0 Å². The number of hydrogen-bond donors (Lipinski definition) is 3. The van der Waals surface area contributed by atoms with Crippen molar-refractivity contribution in [3.8, 4) is 0 Å². The fourth-order valence-corrected chi connectivity index (χ4v) is 3.06. The third-order valence-electron chi connectivity index (χ3n) is 4.61. The highest BCUT2D eigenvalue weighted by molar-refractivity contribution is 14.0. The third-order valence-corrected chi connectivity index (χ3v) is 4.61. The number of rotatable bonds is 5. The maximum Gasteiger partial charge on any atom is 0.284 e. The van der Waals surface area contributed by atoms with E-state index in [1.165, 1.54) is 5.56 Å². The highest BCUT2D eigenvalue weighted by Crippen LogP contribution is 2.18. The Bertz CT molecular complexity index is 797. The average molecular weight is 498 g/mol. The number of piperidine rings is 1. The molecule has 28 heavy (non-hydrogen) atoms. The quantitative estimate of drug-likeness (QED) is 0.331. The van der Waals surface area contributed by atoms with E-state index in [9.17, 15) is 4.79 Å². The molecule has 0 spiro atoms. The summed E-state index contributed by atoms with van der Waals surface area (Å²) in [5.41, 5.74) is 6.37. The van der Waals surface area contributed by atoms with Crippen molar-refractivity contribution in [2.45, 2.75) is 32.4 Å². The Morgan fingerprint density at radius 2 is 2.07 bits per heavy atom. The summed E-state index contributed by atoms with van der Waals surface area (Å²) < 4.78 is 5.37. The number of carbonyl (C=O) groups is 1. The molecular formula is C19H27IN6O2. The van der Waals surface area contributed by atoms with E-state index in [2.05, 4.69) is 37.6 Å². The average Bonchev–Trinajstić information content (AvgIpc) is 3.16. The van der Waals surface area contributed by atoms with Gasteiger partial charge < -0.3 is 25.7 Å². The first kappa shape index (κ1) is 22.0. The number of nitrogens with one attached hydrogen (secondary N) is 2. The number of furan rings is 1. The molecular weight excluding hydrogens is 471 g/mol. The number of nitrogens with two attached hydrogens (primary N) is 1. The molecule has 8 nitrogen and oxygen atoms in total. The number of halogens is 1. The number of guanidine groups is 1. The zero-order valence-corrected chi connectivity index (χ0v) is 18.5. The second-order valence-corrected chi connectivity index (χ2v) is 6.66. The van der Waals surface area contributed by atoms with Gasteiger partial charge in [-0.1, -0.05) is 6.07 Å². The molecule has 3 heterocycles. The van der Waals surface area contributed by atoms with Crippen molar-refractivity contribution >= 4 is 41.7 Å². The minimum absolute atomic E-state index is 0. The van der Waals surface area contributed by atoms with Crippen LogP contribution in [0.1, 0.15) is 34.7 Å². The molecule has 1 aliphatic rings. The van der Waals surface area contributed by atoms with Crippen molar-refractivity contribution in [1.29, 1.82) is 0 Å². The van der Waals surface area contributed by atoms with Crippen molar-refractivity contribution in [3.05, 3.63) is 47.5 Å². The van der Waals surface area contributed by atoms with Gasteiger partial charge in [-0.25, -0.2) is 4.98 Å². The Hall–Kier alpha value is -2.30. The molecule has 2 aromatic heterocycles. The van der Waals surface area contributed by atoms with E-state index in [0.29, 0.717) is 24.3 Å². The van der Waals surface area contributed by atoms with Gasteiger partial charge in [0.15, 0.2) is 11.7 Å². The summed E-state index contributed by atoms with van der Waals surface area (Å²) in [4.78, 5) is 22.2. The van der Waals surface area contributed by atoms with E-state index in [-0.39, 0.29) is 29.7 Å². The molecule has 152 valence electrons. The van der Waals surface area contributed by atoms with Crippen LogP contribution in [0.15, 0.2) is 39.9 Å². The van der Waals surface area contributed by atoms with E-state index in [1.54, 1.807) is 19.2 Å². The van der Waals surface area contributed by atoms with Gasteiger partial charge in [-0.3, -0.25) is 9.79 Å². The lowest BCUT2D eigenvalue weighted by molar-refractivity contribution is 0.0972. The molecule has 1 aliphatic heterocycles. The van der Waals surface area contributed by atoms with Gasteiger partial charge in [0.25, 0.3) is 5.91 Å². The van der Waals surface area contributed by atoms with Crippen LogP contribution in [0.2, 0.25) is 0 Å². The van der Waals surface area contributed by atoms with Crippen LogP contribution < -0.4 is 21.3 Å². The first-order valence-electron chi connectivity index (χ1n) is 9.08. The SMILES string of the molecule is CN=C(NCc1ccc(C(N)=O)o1)NC1CCN(c2ccc(C)cn2)CC1.I. The molecule has 0 aliphatic carbocycles. The van der Waals surface area contributed by atoms with Gasteiger partial charge in [-0.2, -0.15) is 0 Å². The largest absolute Gasteiger partial charge is 0.454 e. The normalized spacial score (nSPS) is 15.1.